The monoisotopic (exact) mass is 1020 g/mol. The molecule has 0 heterocycles. The molecule has 0 amide bonds. The van der Waals surface area contributed by atoms with E-state index in [9.17, 15) is 19.1 Å². The quantitative estimate of drug-likeness (QED) is 0.0616. The van der Waals surface area contributed by atoms with Crippen LogP contribution in [0.15, 0.2) is 12.1 Å². The van der Waals surface area contributed by atoms with Crippen LogP contribution in [-0.2, 0) is 91.3 Å². The Labute approximate surface area is 406 Å². The summed E-state index contributed by atoms with van der Waals surface area (Å²) < 4.78 is 117. The molecule has 1 aromatic rings. The third-order valence-electron chi connectivity index (χ3n) is 8.33. The molecule has 0 unspecified atom stereocenters. The first-order chi connectivity index (χ1) is 33.8. The zero-order valence-corrected chi connectivity index (χ0v) is 41.7. The molecule has 3 N–H and O–H groups in total. The van der Waals surface area contributed by atoms with Crippen molar-refractivity contribution in [3.05, 3.63) is 17.7 Å². The Balaban J connectivity index is 2.39. The van der Waals surface area contributed by atoms with Gasteiger partial charge in [-0.3, -0.25) is 9.36 Å². The van der Waals surface area contributed by atoms with Gasteiger partial charge in [0, 0.05) is 14.2 Å². The van der Waals surface area contributed by atoms with Gasteiger partial charge in [0.2, 0.25) is 5.75 Å². The van der Waals surface area contributed by atoms with E-state index in [2.05, 4.69) is 0 Å². The second kappa shape index (κ2) is 49.2. The lowest BCUT2D eigenvalue weighted by Gasteiger charge is -2.19. The fourth-order valence-electron chi connectivity index (χ4n) is 5.11. The summed E-state index contributed by atoms with van der Waals surface area (Å²) in [6, 6.07) is 3.02. The molecule has 0 saturated carbocycles. The fourth-order valence-corrected chi connectivity index (χ4v) is 5.77. The van der Waals surface area contributed by atoms with Crippen molar-refractivity contribution in [2.75, 3.05) is 232 Å². The van der Waals surface area contributed by atoms with Gasteiger partial charge in [-0.2, -0.15) is 0 Å². The van der Waals surface area contributed by atoms with Gasteiger partial charge in [-0.1, -0.05) is 0 Å². The maximum atomic E-state index is 12.0. The summed E-state index contributed by atoms with van der Waals surface area (Å²) in [5.41, 5.74) is 0.287. The van der Waals surface area contributed by atoms with Gasteiger partial charge in [-0.25, -0.2) is 0 Å². The minimum atomic E-state index is -4.45. The number of ether oxygens (including phenoxy) is 19. The zero-order chi connectivity index (χ0) is 50.0. The summed E-state index contributed by atoms with van der Waals surface area (Å²) in [6.07, 6.45) is -0.567. The molecule has 0 spiro atoms. The van der Waals surface area contributed by atoms with E-state index in [0.717, 1.165) is 0 Å². The van der Waals surface area contributed by atoms with Crippen LogP contribution in [0, 0.1) is 0 Å². The molecule has 0 aliphatic heterocycles. The molecular formula is C44H81O24P. The summed E-state index contributed by atoms with van der Waals surface area (Å²) in [6.45, 7) is 11.7. The van der Waals surface area contributed by atoms with Crippen LogP contribution in [0.4, 0.5) is 0 Å². The number of aliphatic carboxylic acids is 1. The minimum Gasteiger partial charge on any atom is -0.487 e. The van der Waals surface area contributed by atoms with Gasteiger partial charge in [0.05, 0.1) is 211 Å². The van der Waals surface area contributed by atoms with Crippen molar-refractivity contribution >= 4 is 13.6 Å². The van der Waals surface area contributed by atoms with Crippen LogP contribution in [0.2, 0.25) is 0 Å². The summed E-state index contributed by atoms with van der Waals surface area (Å²) in [5, 5.41) is 8.54. The van der Waals surface area contributed by atoms with Crippen molar-refractivity contribution in [1.29, 1.82) is 0 Å². The van der Waals surface area contributed by atoms with Crippen LogP contribution in [0.1, 0.15) is 12.0 Å². The molecule has 25 heteroatoms. The Morgan fingerprint density at radius 3 is 0.855 bits per heavy atom. The van der Waals surface area contributed by atoms with Crippen LogP contribution in [0.25, 0.3) is 0 Å². The highest BCUT2D eigenvalue weighted by Gasteiger charge is 2.21. The van der Waals surface area contributed by atoms with Gasteiger partial charge in [-0.05, 0) is 17.7 Å². The summed E-state index contributed by atoms with van der Waals surface area (Å²) >= 11 is 0. The molecule has 0 fully saturated rings. The van der Waals surface area contributed by atoms with E-state index >= 15 is 0 Å². The number of carbonyl (C=O) groups is 1. The predicted octanol–water partition coefficient (Wildman–Crippen LogP) is 1.50. The number of carboxylic acids is 1. The summed E-state index contributed by atoms with van der Waals surface area (Å²) in [4.78, 5) is 29.9. The maximum absolute atomic E-state index is 12.0. The second-order valence-electron chi connectivity index (χ2n) is 14.0. The molecule has 0 radical (unpaired) electrons. The van der Waals surface area contributed by atoms with E-state index in [1.54, 1.807) is 14.2 Å². The number of hydrogen-bond acceptors (Lipinski definition) is 21. The van der Waals surface area contributed by atoms with E-state index < -0.39 is 19.7 Å². The average molecular weight is 1030 g/mol. The molecular weight excluding hydrogens is 943 g/mol. The maximum Gasteiger partial charge on any atom is 0.329 e. The SMILES string of the molecule is COCCOCCOCCOCCOc1cc(CP(=O)(O)O)cc(OCCOCCOCCOCCOC)c1OCCOCCOCCOCCOCCOCCOCCOCCOCCC(=O)O. The molecule has 0 aliphatic carbocycles. The van der Waals surface area contributed by atoms with Crippen LogP contribution < -0.4 is 14.2 Å². The molecule has 0 aromatic heterocycles. The van der Waals surface area contributed by atoms with Crippen LogP contribution >= 0.6 is 7.60 Å². The Morgan fingerprint density at radius 2 is 0.609 bits per heavy atom. The fraction of sp³-hybridized carbons (Fsp3) is 0.841. The van der Waals surface area contributed by atoms with E-state index in [-0.39, 0.29) is 75.5 Å². The molecule has 0 bridgehead atoms. The highest BCUT2D eigenvalue weighted by molar-refractivity contribution is 7.50. The lowest BCUT2D eigenvalue weighted by atomic mass is 10.2. The molecule has 1 rings (SSSR count). The smallest absolute Gasteiger partial charge is 0.329 e. The van der Waals surface area contributed by atoms with Crippen molar-refractivity contribution in [2.45, 2.75) is 12.6 Å². The summed E-state index contributed by atoms with van der Waals surface area (Å²) in [5.74, 6) is -0.237. The predicted molar refractivity (Wildman–Crippen MR) is 246 cm³/mol. The van der Waals surface area contributed by atoms with Gasteiger partial charge in [-0.15, -0.1) is 0 Å². The third-order valence-corrected chi connectivity index (χ3v) is 9.11. The normalized spacial score (nSPS) is 11.7. The van der Waals surface area contributed by atoms with Gasteiger partial charge in [0.25, 0.3) is 0 Å². The molecule has 0 atom stereocenters. The van der Waals surface area contributed by atoms with Crippen molar-refractivity contribution in [1.82, 2.24) is 0 Å². The minimum absolute atomic E-state index is 0.0254. The molecule has 406 valence electrons. The Hall–Kier alpha value is -2.40. The Kier molecular flexibility index (Phi) is 46.1. The third kappa shape index (κ3) is 45.2. The molecule has 0 saturated heterocycles. The lowest BCUT2D eigenvalue weighted by molar-refractivity contribution is -0.138. The highest BCUT2D eigenvalue weighted by Crippen LogP contribution is 2.45. The number of carboxylic acid groups (broad SMARTS) is 1. The average Bonchev–Trinajstić information content (AvgIpc) is 3.31. The first-order valence-electron chi connectivity index (χ1n) is 23.1. The molecule has 69 heavy (non-hydrogen) atoms. The van der Waals surface area contributed by atoms with E-state index in [0.29, 0.717) is 172 Å². The lowest BCUT2D eigenvalue weighted by Crippen LogP contribution is -2.16. The number of hydrogen-bond donors (Lipinski definition) is 3. The molecule has 0 aliphatic rings. The first kappa shape index (κ1) is 64.6. The van der Waals surface area contributed by atoms with Crippen molar-refractivity contribution in [3.63, 3.8) is 0 Å². The second-order valence-corrected chi connectivity index (χ2v) is 15.6. The van der Waals surface area contributed by atoms with E-state index in [1.165, 1.54) is 12.1 Å². The number of rotatable bonds is 56. The van der Waals surface area contributed by atoms with Crippen molar-refractivity contribution in [2.24, 2.45) is 0 Å². The van der Waals surface area contributed by atoms with Gasteiger partial charge in [0.1, 0.15) is 19.8 Å². The van der Waals surface area contributed by atoms with E-state index in [4.69, 9.17) is 95.1 Å². The topological polar surface area (TPSA) is 270 Å². The van der Waals surface area contributed by atoms with Crippen LogP contribution in [0.3, 0.4) is 0 Å². The largest absolute Gasteiger partial charge is 0.487 e. The zero-order valence-electron chi connectivity index (χ0n) is 40.8. The number of benzene rings is 1. The van der Waals surface area contributed by atoms with Crippen LogP contribution in [0.5, 0.6) is 17.2 Å². The Bertz CT molecular complexity index is 1280. The van der Waals surface area contributed by atoms with Gasteiger partial charge in [0.15, 0.2) is 11.5 Å². The molecule has 24 nitrogen and oxygen atoms in total. The summed E-state index contributed by atoms with van der Waals surface area (Å²) in [7, 11) is -1.23. The Morgan fingerprint density at radius 1 is 0.377 bits per heavy atom. The van der Waals surface area contributed by atoms with Crippen molar-refractivity contribution < 1.29 is 114 Å². The van der Waals surface area contributed by atoms with E-state index in [1.807, 2.05) is 0 Å². The molecule has 1 aromatic carbocycles. The van der Waals surface area contributed by atoms with Crippen LogP contribution in [-0.4, -0.2) is 253 Å². The first-order valence-corrected chi connectivity index (χ1v) is 24.9. The van der Waals surface area contributed by atoms with Crippen molar-refractivity contribution in [3.8, 4) is 17.2 Å². The highest BCUT2D eigenvalue weighted by atomic mass is 31.2. The number of methoxy groups -OCH3 is 2. The van der Waals surface area contributed by atoms with Gasteiger partial charge >= 0.3 is 13.6 Å². The van der Waals surface area contributed by atoms with Gasteiger partial charge < -0.3 is 105 Å². The standard InChI is InChI=1S/C44H81O24P/c1-50-5-7-53-11-13-56-25-28-63-31-34-66-41-37-40(39-69(47,48)49)38-42(67-35-32-64-29-26-57-14-12-54-8-6-51-2)44(41)68-36-33-65-30-27-62-24-23-61-22-21-60-20-19-59-18-17-58-16-15-55-10-9-52-4-3-43(45)46/h37-38H,3-36,39H2,1-2H3,(H,45,46)(H2,47,48,49).